The van der Waals surface area contributed by atoms with Crippen molar-refractivity contribution in [3.8, 4) is 0 Å². The van der Waals surface area contributed by atoms with Crippen molar-refractivity contribution in [2.45, 2.75) is 34.2 Å². The Bertz CT molecular complexity index is 297. The van der Waals surface area contributed by atoms with E-state index < -0.39 is 0 Å². The maximum atomic E-state index is 10.8. The van der Waals surface area contributed by atoms with Gasteiger partial charge in [0, 0.05) is 12.2 Å². The highest BCUT2D eigenvalue weighted by atomic mass is 16.2. The van der Waals surface area contributed by atoms with E-state index in [-0.39, 0.29) is 6.03 Å². The topological polar surface area (TPSA) is 41.1 Å². The first-order valence-electron chi connectivity index (χ1n) is 5.49. The number of rotatable bonds is 0. The predicted octanol–water partition coefficient (Wildman–Crippen LogP) is 3.37. The van der Waals surface area contributed by atoms with Crippen LogP contribution in [0.5, 0.6) is 0 Å². The molecular formula is C12H20N2O. The fraction of sp³-hybridized carbons (Fsp3) is 0.417. The molecule has 1 aliphatic heterocycles. The van der Waals surface area contributed by atoms with Crippen LogP contribution >= 0.6 is 0 Å². The van der Waals surface area contributed by atoms with Gasteiger partial charge in [-0.1, -0.05) is 45.9 Å². The molecule has 3 heteroatoms. The van der Waals surface area contributed by atoms with Crippen LogP contribution in [0.2, 0.25) is 0 Å². The number of carbonyl (C=O) groups is 1. The minimum absolute atomic E-state index is 0.122. The Labute approximate surface area is 91.9 Å². The summed E-state index contributed by atoms with van der Waals surface area (Å²) in [6.07, 6.45) is 0. The summed E-state index contributed by atoms with van der Waals surface area (Å²) in [5, 5.41) is 5.40. The van der Waals surface area contributed by atoms with E-state index in [0.29, 0.717) is 6.54 Å². The number of carbonyl (C=O) groups excluding carboxylic acids is 1. The number of hydrogen-bond donors (Lipinski definition) is 2. The van der Waals surface area contributed by atoms with Crippen LogP contribution in [-0.2, 0) is 6.54 Å². The van der Waals surface area contributed by atoms with Crippen LogP contribution in [0.15, 0.2) is 24.3 Å². The van der Waals surface area contributed by atoms with E-state index in [0.717, 1.165) is 11.3 Å². The van der Waals surface area contributed by atoms with Gasteiger partial charge in [-0.15, -0.1) is 0 Å². The summed E-state index contributed by atoms with van der Waals surface area (Å²) in [7, 11) is 0. The zero-order chi connectivity index (χ0) is 11.7. The van der Waals surface area contributed by atoms with Gasteiger partial charge in [0.1, 0.15) is 0 Å². The summed E-state index contributed by atoms with van der Waals surface area (Å²) in [5.41, 5.74) is 2.04. The molecule has 0 unspecified atom stereocenters. The SMILES string of the molecule is CC.CC.O=C1NCc2ccccc2N1. The van der Waals surface area contributed by atoms with Crippen LogP contribution < -0.4 is 10.6 Å². The summed E-state index contributed by atoms with van der Waals surface area (Å²) in [5.74, 6) is 0. The van der Waals surface area contributed by atoms with Crippen molar-refractivity contribution in [1.29, 1.82) is 0 Å². The Morgan fingerprint density at radius 3 is 2.33 bits per heavy atom. The van der Waals surface area contributed by atoms with E-state index in [9.17, 15) is 4.79 Å². The molecule has 84 valence electrons. The third-order valence-corrected chi connectivity index (χ3v) is 1.70. The average molecular weight is 208 g/mol. The Morgan fingerprint density at radius 1 is 1.07 bits per heavy atom. The Hall–Kier alpha value is -1.51. The van der Waals surface area contributed by atoms with Crippen LogP contribution in [0, 0.1) is 0 Å². The molecular weight excluding hydrogens is 188 g/mol. The third-order valence-electron chi connectivity index (χ3n) is 1.70. The van der Waals surface area contributed by atoms with Crippen molar-refractivity contribution in [3.05, 3.63) is 29.8 Å². The molecule has 3 nitrogen and oxygen atoms in total. The molecule has 15 heavy (non-hydrogen) atoms. The maximum Gasteiger partial charge on any atom is 0.319 e. The van der Waals surface area contributed by atoms with Gasteiger partial charge in [0.15, 0.2) is 0 Å². The number of urea groups is 1. The Morgan fingerprint density at radius 2 is 1.67 bits per heavy atom. The van der Waals surface area contributed by atoms with Gasteiger partial charge < -0.3 is 10.6 Å². The van der Waals surface area contributed by atoms with E-state index in [1.807, 2.05) is 52.0 Å². The quantitative estimate of drug-likeness (QED) is 0.674. The maximum absolute atomic E-state index is 10.8. The second-order valence-corrected chi connectivity index (χ2v) is 2.46. The summed E-state index contributed by atoms with van der Waals surface area (Å²) in [6.45, 7) is 8.63. The van der Waals surface area contributed by atoms with Crippen molar-refractivity contribution in [1.82, 2.24) is 5.32 Å². The van der Waals surface area contributed by atoms with Crippen LogP contribution in [0.3, 0.4) is 0 Å². The van der Waals surface area contributed by atoms with Crippen LogP contribution in [-0.4, -0.2) is 6.03 Å². The van der Waals surface area contributed by atoms with E-state index >= 15 is 0 Å². The highest BCUT2D eigenvalue weighted by Gasteiger charge is 2.11. The number of hydrogen-bond acceptors (Lipinski definition) is 1. The molecule has 2 N–H and O–H groups in total. The summed E-state index contributed by atoms with van der Waals surface area (Å²) >= 11 is 0. The number of anilines is 1. The van der Waals surface area contributed by atoms with Gasteiger partial charge in [-0.3, -0.25) is 0 Å². The highest BCUT2D eigenvalue weighted by Crippen LogP contribution is 2.16. The first-order valence-corrected chi connectivity index (χ1v) is 5.49. The lowest BCUT2D eigenvalue weighted by Gasteiger charge is -2.17. The zero-order valence-corrected chi connectivity index (χ0v) is 9.92. The van der Waals surface area contributed by atoms with E-state index in [1.165, 1.54) is 0 Å². The fourth-order valence-corrected chi connectivity index (χ4v) is 1.14. The zero-order valence-electron chi connectivity index (χ0n) is 9.92. The van der Waals surface area contributed by atoms with Gasteiger partial charge in [0.2, 0.25) is 0 Å². The number of benzene rings is 1. The van der Waals surface area contributed by atoms with Gasteiger partial charge in [0.05, 0.1) is 0 Å². The van der Waals surface area contributed by atoms with Crippen LogP contribution in [0.1, 0.15) is 33.3 Å². The van der Waals surface area contributed by atoms with Crippen molar-refractivity contribution >= 4 is 11.7 Å². The number of nitrogens with one attached hydrogen (secondary N) is 2. The Kier molecular flexibility index (Phi) is 7.06. The number of fused-ring (bicyclic) bond motifs is 1. The van der Waals surface area contributed by atoms with E-state index in [1.54, 1.807) is 0 Å². The fourth-order valence-electron chi connectivity index (χ4n) is 1.14. The standard InChI is InChI=1S/C8H8N2O.2C2H6/c11-8-9-5-6-3-1-2-4-7(6)10-8;2*1-2/h1-4H,5H2,(H2,9,10,11);2*1-2H3. The van der Waals surface area contributed by atoms with Crippen molar-refractivity contribution < 1.29 is 4.79 Å². The molecule has 2 rings (SSSR count). The van der Waals surface area contributed by atoms with E-state index in [2.05, 4.69) is 10.6 Å². The van der Waals surface area contributed by atoms with Crippen molar-refractivity contribution in [3.63, 3.8) is 0 Å². The molecule has 0 spiro atoms. The van der Waals surface area contributed by atoms with Gasteiger partial charge in [-0.2, -0.15) is 0 Å². The van der Waals surface area contributed by atoms with Crippen LogP contribution in [0.25, 0.3) is 0 Å². The highest BCUT2D eigenvalue weighted by molar-refractivity contribution is 5.92. The molecule has 1 aliphatic rings. The molecule has 0 aromatic heterocycles. The first-order chi connectivity index (χ1) is 7.36. The molecule has 0 fully saturated rings. The summed E-state index contributed by atoms with van der Waals surface area (Å²) in [4.78, 5) is 10.8. The van der Waals surface area contributed by atoms with Gasteiger partial charge in [-0.25, -0.2) is 4.79 Å². The molecule has 1 aromatic carbocycles. The monoisotopic (exact) mass is 208 g/mol. The first kappa shape index (κ1) is 13.5. The lowest BCUT2D eigenvalue weighted by Crippen LogP contribution is -2.33. The van der Waals surface area contributed by atoms with Gasteiger partial charge in [0.25, 0.3) is 0 Å². The number of para-hydroxylation sites is 1. The molecule has 1 heterocycles. The largest absolute Gasteiger partial charge is 0.334 e. The molecule has 0 saturated carbocycles. The molecule has 1 aromatic rings. The molecule has 2 amide bonds. The van der Waals surface area contributed by atoms with E-state index in [4.69, 9.17) is 0 Å². The molecule has 0 saturated heterocycles. The predicted molar refractivity (Wildman–Crippen MR) is 65.0 cm³/mol. The Balaban J connectivity index is 0.000000442. The van der Waals surface area contributed by atoms with Gasteiger partial charge in [-0.05, 0) is 11.6 Å². The number of amides is 2. The van der Waals surface area contributed by atoms with Crippen molar-refractivity contribution in [2.75, 3.05) is 5.32 Å². The minimum Gasteiger partial charge on any atom is -0.334 e. The molecule has 0 atom stereocenters. The van der Waals surface area contributed by atoms with Gasteiger partial charge >= 0.3 is 6.03 Å². The molecule has 0 aliphatic carbocycles. The summed E-state index contributed by atoms with van der Waals surface area (Å²) in [6, 6.07) is 7.63. The lowest BCUT2D eigenvalue weighted by atomic mass is 10.1. The molecule has 0 radical (unpaired) electrons. The lowest BCUT2D eigenvalue weighted by molar-refractivity contribution is 0.251. The normalized spacial score (nSPS) is 11.6. The second-order valence-electron chi connectivity index (χ2n) is 2.46. The second kappa shape index (κ2) is 7.85. The van der Waals surface area contributed by atoms with Crippen LogP contribution in [0.4, 0.5) is 10.5 Å². The van der Waals surface area contributed by atoms with Crippen molar-refractivity contribution in [2.24, 2.45) is 0 Å². The smallest absolute Gasteiger partial charge is 0.319 e. The average Bonchev–Trinajstić information content (AvgIpc) is 2.34. The minimum atomic E-state index is -0.122. The third kappa shape index (κ3) is 4.02. The molecule has 0 bridgehead atoms. The summed E-state index contributed by atoms with van der Waals surface area (Å²) < 4.78 is 0.